The average Bonchev–Trinajstić information content (AvgIpc) is 3.37. The van der Waals surface area contributed by atoms with Crippen molar-refractivity contribution < 1.29 is 9.32 Å². The predicted molar refractivity (Wildman–Crippen MR) is 140 cm³/mol. The fourth-order valence-corrected chi connectivity index (χ4v) is 5.23. The van der Waals surface area contributed by atoms with E-state index in [4.69, 9.17) is 4.52 Å². The van der Waals surface area contributed by atoms with E-state index in [1.165, 1.54) is 49.0 Å². The molecule has 2 aromatic carbocycles. The summed E-state index contributed by atoms with van der Waals surface area (Å²) in [5, 5.41) is 7.31. The Morgan fingerprint density at radius 2 is 1.67 bits per heavy atom. The summed E-state index contributed by atoms with van der Waals surface area (Å²) in [4.78, 5) is 22.2. The summed E-state index contributed by atoms with van der Waals surface area (Å²) in [5.74, 6) is 1.47. The molecular formula is C29H37N5O2. The maximum absolute atomic E-state index is 12.8. The normalized spacial score (nSPS) is 17.8. The second-order valence-electron chi connectivity index (χ2n) is 10.3. The molecule has 5 rings (SSSR count). The van der Waals surface area contributed by atoms with Crippen LogP contribution in [0, 0.1) is 12.8 Å². The summed E-state index contributed by atoms with van der Waals surface area (Å²) >= 11 is 0. The number of amides is 1. The lowest BCUT2D eigenvalue weighted by molar-refractivity contribution is -0.126. The highest BCUT2D eigenvalue weighted by Gasteiger charge is 2.26. The monoisotopic (exact) mass is 487 g/mol. The zero-order valence-corrected chi connectivity index (χ0v) is 21.3. The molecule has 0 saturated carbocycles. The number of carbonyl (C=O) groups excluding carboxylic acids is 1. The van der Waals surface area contributed by atoms with Gasteiger partial charge in [-0.3, -0.25) is 14.6 Å². The van der Waals surface area contributed by atoms with E-state index in [1.54, 1.807) is 0 Å². The molecule has 2 fully saturated rings. The van der Waals surface area contributed by atoms with Gasteiger partial charge in [-0.15, -0.1) is 0 Å². The van der Waals surface area contributed by atoms with Crippen molar-refractivity contribution in [2.24, 2.45) is 5.92 Å². The Hall–Kier alpha value is -3.03. The molecule has 1 amide bonds. The SMILES string of the molecule is Cc1ccc(-c2noc(CN3CCC(C(=O)NCc4cccc(CN5CCCCC5)c4)CC3)n2)cc1. The van der Waals surface area contributed by atoms with Gasteiger partial charge in [0.15, 0.2) is 0 Å². The highest BCUT2D eigenvalue weighted by Crippen LogP contribution is 2.21. The first kappa shape index (κ1) is 24.7. The first-order chi connectivity index (χ1) is 17.6. The van der Waals surface area contributed by atoms with E-state index in [2.05, 4.69) is 56.4 Å². The maximum Gasteiger partial charge on any atom is 0.241 e. The van der Waals surface area contributed by atoms with Crippen LogP contribution in [0.25, 0.3) is 11.4 Å². The van der Waals surface area contributed by atoms with Gasteiger partial charge in [-0.25, -0.2) is 0 Å². The van der Waals surface area contributed by atoms with Crippen molar-refractivity contribution in [1.82, 2.24) is 25.3 Å². The Bertz CT molecular complexity index is 1130. The molecule has 190 valence electrons. The lowest BCUT2D eigenvalue weighted by atomic mass is 9.96. The molecule has 0 unspecified atom stereocenters. The van der Waals surface area contributed by atoms with Crippen LogP contribution in [0.15, 0.2) is 53.1 Å². The fourth-order valence-electron chi connectivity index (χ4n) is 5.23. The van der Waals surface area contributed by atoms with Crippen LogP contribution >= 0.6 is 0 Å². The Morgan fingerprint density at radius 1 is 0.944 bits per heavy atom. The lowest BCUT2D eigenvalue weighted by Crippen LogP contribution is -2.40. The molecule has 7 heteroatoms. The molecule has 2 aliphatic heterocycles. The number of hydrogen-bond donors (Lipinski definition) is 1. The minimum absolute atomic E-state index is 0.0589. The largest absolute Gasteiger partial charge is 0.352 e. The van der Waals surface area contributed by atoms with Crippen LogP contribution in [-0.4, -0.2) is 52.0 Å². The third-order valence-electron chi connectivity index (χ3n) is 7.41. The number of aryl methyl sites for hydroxylation is 1. The van der Waals surface area contributed by atoms with Crippen molar-refractivity contribution in [3.05, 3.63) is 71.1 Å². The first-order valence-electron chi connectivity index (χ1n) is 13.3. The number of nitrogens with one attached hydrogen (secondary N) is 1. The molecule has 0 atom stereocenters. The van der Waals surface area contributed by atoms with Crippen LogP contribution < -0.4 is 5.32 Å². The molecule has 1 aromatic heterocycles. The molecule has 2 aliphatic rings. The lowest BCUT2D eigenvalue weighted by Gasteiger charge is -2.30. The molecule has 36 heavy (non-hydrogen) atoms. The van der Waals surface area contributed by atoms with Gasteiger partial charge in [0.25, 0.3) is 0 Å². The third kappa shape index (κ3) is 6.59. The quantitative estimate of drug-likeness (QED) is 0.502. The number of piperidine rings is 2. The summed E-state index contributed by atoms with van der Waals surface area (Å²) in [7, 11) is 0. The molecule has 7 nitrogen and oxygen atoms in total. The van der Waals surface area contributed by atoms with Gasteiger partial charge in [0.1, 0.15) is 0 Å². The fraction of sp³-hybridized carbons (Fsp3) is 0.483. The molecule has 0 aliphatic carbocycles. The van der Waals surface area contributed by atoms with Crippen molar-refractivity contribution in [3.63, 3.8) is 0 Å². The second kappa shape index (κ2) is 11.8. The molecule has 3 aromatic rings. The van der Waals surface area contributed by atoms with Crippen LogP contribution in [0.5, 0.6) is 0 Å². The molecule has 0 bridgehead atoms. The number of aromatic nitrogens is 2. The number of likely N-dealkylation sites (tertiary alicyclic amines) is 2. The van der Waals surface area contributed by atoms with Crippen molar-refractivity contribution >= 4 is 5.91 Å². The molecular weight excluding hydrogens is 450 g/mol. The number of rotatable bonds is 8. The van der Waals surface area contributed by atoms with Gasteiger partial charge < -0.3 is 9.84 Å². The van der Waals surface area contributed by atoms with Gasteiger partial charge in [-0.2, -0.15) is 4.98 Å². The minimum Gasteiger partial charge on any atom is -0.352 e. The van der Waals surface area contributed by atoms with Gasteiger partial charge in [-0.1, -0.05) is 65.7 Å². The van der Waals surface area contributed by atoms with Gasteiger partial charge in [0, 0.05) is 24.6 Å². The molecule has 0 radical (unpaired) electrons. The van der Waals surface area contributed by atoms with Crippen LogP contribution in [-0.2, 0) is 24.4 Å². The van der Waals surface area contributed by atoms with Crippen molar-refractivity contribution in [2.75, 3.05) is 26.2 Å². The Labute approximate surface area is 213 Å². The first-order valence-corrected chi connectivity index (χ1v) is 13.3. The van der Waals surface area contributed by atoms with Gasteiger partial charge in [-0.05, 0) is 69.9 Å². The summed E-state index contributed by atoms with van der Waals surface area (Å²) in [6.07, 6.45) is 5.66. The molecule has 0 spiro atoms. The Kier molecular flexibility index (Phi) is 8.08. The van der Waals surface area contributed by atoms with E-state index in [0.717, 1.165) is 38.0 Å². The number of hydrogen-bond acceptors (Lipinski definition) is 6. The van der Waals surface area contributed by atoms with Crippen molar-refractivity contribution in [3.8, 4) is 11.4 Å². The van der Waals surface area contributed by atoms with Gasteiger partial charge in [0.2, 0.25) is 17.6 Å². The van der Waals surface area contributed by atoms with E-state index < -0.39 is 0 Å². The molecule has 3 heterocycles. The zero-order valence-electron chi connectivity index (χ0n) is 21.3. The van der Waals surface area contributed by atoms with Crippen LogP contribution in [0.4, 0.5) is 0 Å². The topological polar surface area (TPSA) is 74.5 Å². The average molecular weight is 488 g/mol. The number of carbonyl (C=O) groups is 1. The second-order valence-corrected chi connectivity index (χ2v) is 10.3. The van der Waals surface area contributed by atoms with E-state index in [-0.39, 0.29) is 11.8 Å². The number of nitrogens with zero attached hydrogens (tertiary/aromatic N) is 4. The Balaban J connectivity index is 1.06. The smallest absolute Gasteiger partial charge is 0.241 e. The molecule has 2 saturated heterocycles. The van der Waals surface area contributed by atoms with Gasteiger partial charge >= 0.3 is 0 Å². The van der Waals surface area contributed by atoms with E-state index >= 15 is 0 Å². The summed E-state index contributed by atoms with van der Waals surface area (Å²) < 4.78 is 5.49. The molecule has 1 N–H and O–H groups in total. The van der Waals surface area contributed by atoms with E-state index in [9.17, 15) is 4.79 Å². The summed E-state index contributed by atoms with van der Waals surface area (Å²) in [5.41, 5.74) is 4.68. The zero-order chi connectivity index (χ0) is 24.7. The third-order valence-corrected chi connectivity index (χ3v) is 7.41. The van der Waals surface area contributed by atoms with Crippen LogP contribution in [0.1, 0.15) is 54.7 Å². The van der Waals surface area contributed by atoms with E-state index in [1.807, 2.05) is 24.3 Å². The van der Waals surface area contributed by atoms with Crippen LogP contribution in [0.2, 0.25) is 0 Å². The summed E-state index contributed by atoms with van der Waals surface area (Å²) in [6.45, 7) is 8.38. The van der Waals surface area contributed by atoms with Crippen molar-refractivity contribution in [2.45, 2.75) is 58.7 Å². The maximum atomic E-state index is 12.8. The Morgan fingerprint density at radius 3 is 2.44 bits per heavy atom. The van der Waals surface area contributed by atoms with Crippen LogP contribution in [0.3, 0.4) is 0 Å². The highest BCUT2D eigenvalue weighted by atomic mass is 16.5. The van der Waals surface area contributed by atoms with Gasteiger partial charge in [0.05, 0.1) is 6.54 Å². The summed E-state index contributed by atoms with van der Waals surface area (Å²) in [6, 6.07) is 16.8. The standard InChI is InChI=1S/C29H37N5O2/c1-22-8-10-25(11-9-22)28-31-27(36-32-28)21-34-16-12-26(13-17-34)29(35)30-19-23-6-5-7-24(18-23)20-33-14-3-2-4-15-33/h5-11,18,26H,2-4,12-17,19-21H2,1H3,(H,30,35). The minimum atomic E-state index is 0.0589. The van der Waals surface area contributed by atoms with E-state index in [0.29, 0.717) is 24.8 Å². The van der Waals surface area contributed by atoms with Crippen molar-refractivity contribution in [1.29, 1.82) is 0 Å². The highest BCUT2D eigenvalue weighted by molar-refractivity contribution is 5.78. The number of benzene rings is 2. The predicted octanol–water partition coefficient (Wildman–Crippen LogP) is 4.56.